The van der Waals surface area contributed by atoms with Crippen LogP contribution < -0.4 is 10.6 Å². The van der Waals surface area contributed by atoms with Crippen molar-refractivity contribution in [1.82, 2.24) is 19.9 Å². The molecule has 168 valence electrons. The molecule has 3 N–H and O–H groups in total. The molecule has 0 radical (unpaired) electrons. The lowest BCUT2D eigenvalue weighted by Gasteiger charge is -2.17. The van der Waals surface area contributed by atoms with Crippen LogP contribution in [0.3, 0.4) is 0 Å². The molecule has 0 aliphatic carbocycles. The van der Waals surface area contributed by atoms with Crippen LogP contribution in [0, 0.1) is 19.7 Å². The number of rotatable bonds is 7. The highest BCUT2D eigenvalue weighted by atomic mass is 19.1. The van der Waals surface area contributed by atoms with Gasteiger partial charge in [-0.1, -0.05) is 29.8 Å². The summed E-state index contributed by atoms with van der Waals surface area (Å²) in [5, 5.41) is 15.8. The molecule has 1 atom stereocenters. The zero-order chi connectivity index (χ0) is 23.4. The lowest BCUT2D eigenvalue weighted by atomic mass is 10.0. The molecule has 2 heterocycles. The summed E-state index contributed by atoms with van der Waals surface area (Å²) in [6.07, 6.45) is 5.10. The molecule has 0 saturated heterocycles. The van der Waals surface area contributed by atoms with Gasteiger partial charge in [-0.25, -0.2) is 9.37 Å². The number of aliphatic hydroxyl groups is 1. The third-order valence-corrected chi connectivity index (χ3v) is 5.21. The van der Waals surface area contributed by atoms with E-state index in [1.54, 1.807) is 41.4 Å². The molecule has 2 aromatic carbocycles. The predicted molar refractivity (Wildman–Crippen MR) is 124 cm³/mol. The second-order valence-electron chi connectivity index (χ2n) is 7.76. The average Bonchev–Trinajstić information content (AvgIpc) is 3.21. The maximum absolute atomic E-state index is 13.1. The first-order chi connectivity index (χ1) is 15.9. The molecule has 2 aromatic heterocycles. The zero-order valence-corrected chi connectivity index (χ0v) is 18.3. The minimum absolute atomic E-state index is 0.209. The maximum atomic E-state index is 13.1. The molecule has 0 bridgehead atoms. The molecule has 0 aliphatic heterocycles. The van der Waals surface area contributed by atoms with Crippen LogP contribution in [0.15, 0.2) is 73.2 Å². The Morgan fingerprint density at radius 1 is 1.12 bits per heavy atom. The molecule has 1 amide bonds. The Hall–Kier alpha value is -4.04. The van der Waals surface area contributed by atoms with Gasteiger partial charge in [-0.2, -0.15) is 4.98 Å². The van der Waals surface area contributed by atoms with Gasteiger partial charge in [-0.15, -0.1) is 0 Å². The third kappa shape index (κ3) is 5.24. The van der Waals surface area contributed by atoms with E-state index < -0.39 is 6.04 Å². The molecule has 4 rings (SSSR count). The first-order valence-corrected chi connectivity index (χ1v) is 10.5. The van der Waals surface area contributed by atoms with Crippen LogP contribution in [0.2, 0.25) is 0 Å². The Labute approximate surface area is 191 Å². The van der Waals surface area contributed by atoms with Crippen LogP contribution in [0.5, 0.6) is 0 Å². The van der Waals surface area contributed by atoms with E-state index in [4.69, 9.17) is 0 Å². The summed E-state index contributed by atoms with van der Waals surface area (Å²) in [4.78, 5) is 21.6. The highest BCUT2D eigenvalue weighted by Gasteiger charge is 2.18. The van der Waals surface area contributed by atoms with Gasteiger partial charge >= 0.3 is 0 Å². The van der Waals surface area contributed by atoms with Crippen LogP contribution in [-0.4, -0.2) is 32.2 Å². The first-order valence-electron chi connectivity index (χ1n) is 10.5. The highest BCUT2D eigenvalue weighted by Crippen LogP contribution is 2.19. The molecule has 0 saturated carbocycles. The van der Waals surface area contributed by atoms with Crippen molar-refractivity contribution in [3.63, 3.8) is 0 Å². The predicted octanol–water partition coefficient (Wildman–Crippen LogP) is 4.23. The summed E-state index contributed by atoms with van der Waals surface area (Å²) < 4.78 is 14.9. The third-order valence-electron chi connectivity index (χ3n) is 5.21. The van der Waals surface area contributed by atoms with E-state index in [1.807, 2.05) is 38.1 Å². The number of halogens is 1. The second kappa shape index (κ2) is 9.62. The molecular weight excluding hydrogens is 421 g/mol. The summed E-state index contributed by atoms with van der Waals surface area (Å²) in [5.41, 5.74) is 3.79. The molecule has 0 fully saturated rings. The van der Waals surface area contributed by atoms with Gasteiger partial charge in [-0.05, 0) is 55.3 Å². The number of aryl methyl sites for hydroxylation is 2. The Bertz CT molecular complexity index is 1270. The van der Waals surface area contributed by atoms with E-state index >= 15 is 0 Å². The van der Waals surface area contributed by atoms with Crippen LogP contribution in [0.25, 0.3) is 5.82 Å². The van der Waals surface area contributed by atoms with E-state index in [2.05, 4.69) is 20.6 Å². The molecule has 4 aromatic rings. The Morgan fingerprint density at radius 3 is 2.64 bits per heavy atom. The van der Waals surface area contributed by atoms with Crippen LogP contribution in [0.1, 0.15) is 33.1 Å². The van der Waals surface area contributed by atoms with Crippen LogP contribution in [-0.2, 0) is 0 Å². The minimum Gasteiger partial charge on any atom is -0.394 e. The summed E-state index contributed by atoms with van der Waals surface area (Å²) in [6.45, 7) is 3.59. The fourth-order valence-electron chi connectivity index (χ4n) is 3.50. The number of amides is 1. The average molecular weight is 445 g/mol. The van der Waals surface area contributed by atoms with Crippen LogP contribution >= 0.6 is 0 Å². The number of anilines is 2. The normalized spacial score (nSPS) is 11.8. The maximum Gasteiger partial charge on any atom is 0.253 e. The summed E-state index contributed by atoms with van der Waals surface area (Å²) in [6, 6.07) is 14.8. The smallest absolute Gasteiger partial charge is 0.253 e. The van der Waals surface area contributed by atoms with Gasteiger partial charge in [0.15, 0.2) is 0 Å². The number of aromatic nitrogens is 3. The lowest BCUT2D eigenvalue weighted by Crippen LogP contribution is -2.31. The van der Waals surface area contributed by atoms with Crippen molar-refractivity contribution in [2.75, 3.05) is 11.9 Å². The van der Waals surface area contributed by atoms with Gasteiger partial charge in [0.25, 0.3) is 5.91 Å². The van der Waals surface area contributed by atoms with Crippen molar-refractivity contribution in [1.29, 1.82) is 0 Å². The molecule has 0 spiro atoms. The van der Waals surface area contributed by atoms with Crippen molar-refractivity contribution in [2.45, 2.75) is 19.9 Å². The molecule has 0 aliphatic rings. The number of benzene rings is 2. The summed E-state index contributed by atoms with van der Waals surface area (Å²) in [7, 11) is 0. The number of hydrogen-bond acceptors (Lipinski definition) is 5. The first kappa shape index (κ1) is 22.2. The van der Waals surface area contributed by atoms with Gasteiger partial charge in [-0.3, -0.25) is 4.79 Å². The summed E-state index contributed by atoms with van der Waals surface area (Å²) >= 11 is 0. The highest BCUT2D eigenvalue weighted by molar-refractivity contribution is 5.96. The minimum atomic E-state index is -0.509. The van der Waals surface area contributed by atoms with E-state index in [0.717, 1.165) is 16.7 Å². The number of carbonyl (C=O) groups is 1. The van der Waals surface area contributed by atoms with Crippen LogP contribution in [0.4, 0.5) is 16.0 Å². The lowest BCUT2D eigenvalue weighted by molar-refractivity contribution is 0.0915. The van der Waals surface area contributed by atoms with E-state index in [0.29, 0.717) is 23.0 Å². The fraction of sp³-hybridized carbons (Fsp3) is 0.160. The Kier molecular flexibility index (Phi) is 6.46. The van der Waals surface area contributed by atoms with Gasteiger partial charge in [0.2, 0.25) is 5.95 Å². The van der Waals surface area contributed by atoms with Crippen molar-refractivity contribution in [2.24, 2.45) is 0 Å². The SMILES string of the molecule is Cc1cccc(C(CO)NC(=O)c2cn(-c3ccnc(Nc4ccc(F)cc4)n3)cc2C)c1. The van der Waals surface area contributed by atoms with Gasteiger partial charge in [0.1, 0.15) is 11.6 Å². The Morgan fingerprint density at radius 2 is 1.91 bits per heavy atom. The van der Waals surface area contributed by atoms with E-state index in [9.17, 15) is 14.3 Å². The molecule has 33 heavy (non-hydrogen) atoms. The zero-order valence-electron chi connectivity index (χ0n) is 18.3. The molecule has 1 unspecified atom stereocenters. The summed E-state index contributed by atoms with van der Waals surface area (Å²) in [5.74, 6) is 0.297. The number of hydrogen-bond donors (Lipinski definition) is 3. The van der Waals surface area contributed by atoms with Crippen molar-refractivity contribution in [3.05, 3.63) is 101 Å². The van der Waals surface area contributed by atoms with Crippen molar-refractivity contribution < 1.29 is 14.3 Å². The van der Waals surface area contributed by atoms with Gasteiger partial charge in [0.05, 0.1) is 18.2 Å². The standard InChI is InChI=1S/C25H24FN5O2/c1-16-4-3-5-18(12-16)22(15-32)29-24(33)21-14-31(13-17(21)2)23-10-11-27-25(30-23)28-20-8-6-19(26)7-9-20/h3-14,22,32H,15H2,1-2H3,(H,29,33)(H,27,28,30). The molecule has 8 heteroatoms. The monoisotopic (exact) mass is 445 g/mol. The van der Waals surface area contributed by atoms with Gasteiger partial charge in [0, 0.05) is 24.3 Å². The largest absolute Gasteiger partial charge is 0.394 e. The molecular formula is C25H24FN5O2. The Balaban J connectivity index is 1.53. The second-order valence-corrected chi connectivity index (χ2v) is 7.76. The fourth-order valence-corrected chi connectivity index (χ4v) is 3.50. The number of carbonyl (C=O) groups excluding carboxylic acids is 1. The number of aliphatic hydroxyl groups excluding tert-OH is 1. The topological polar surface area (TPSA) is 92.1 Å². The quantitative estimate of drug-likeness (QED) is 0.396. The van der Waals surface area contributed by atoms with Gasteiger partial charge < -0.3 is 20.3 Å². The number of nitrogens with one attached hydrogen (secondary N) is 2. The number of nitrogens with zero attached hydrogens (tertiary/aromatic N) is 3. The van der Waals surface area contributed by atoms with E-state index in [1.165, 1.54) is 12.1 Å². The van der Waals surface area contributed by atoms with Crippen molar-refractivity contribution in [3.8, 4) is 5.82 Å². The molecule has 7 nitrogen and oxygen atoms in total. The van der Waals surface area contributed by atoms with Crippen molar-refractivity contribution >= 4 is 17.5 Å². The van der Waals surface area contributed by atoms with E-state index in [-0.39, 0.29) is 18.3 Å².